The monoisotopic (exact) mass is 343 g/mol. The topological polar surface area (TPSA) is 38.3 Å². The molecule has 0 saturated heterocycles. The maximum Gasteiger partial charge on any atom is 0.417 e. The van der Waals surface area contributed by atoms with Gasteiger partial charge in [0, 0.05) is 5.69 Å². The van der Waals surface area contributed by atoms with Gasteiger partial charge < -0.3 is 10.1 Å². The van der Waals surface area contributed by atoms with Gasteiger partial charge in [-0.25, -0.2) is 0 Å². The van der Waals surface area contributed by atoms with Crippen LogP contribution in [0.4, 0.5) is 18.9 Å². The standard InChI is InChI=1S/C16H13ClF3NO2/c1-10(23-12-5-3-2-4-6-12)15(22)21-11-7-8-14(17)13(9-11)16(18,19)20/h2-10H,1H3,(H,21,22)/t10-/m1/s1. The van der Waals surface area contributed by atoms with E-state index in [-0.39, 0.29) is 5.69 Å². The van der Waals surface area contributed by atoms with Gasteiger partial charge in [-0.3, -0.25) is 4.79 Å². The highest BCUT2D eigenvalue weighted by atomic mass is 35.5. The zero-order valence-corrected chi connectivity index (χ0v) is 12.8. The number of alkyl halides is 3. The van der Waals surface area contributed by atoms with Crippen molar-refractivity contribution in [3.8, 4) is 5.75 Å². The maximum atomic E-state index is 12.8. The van der Waals surface area contributed by atoms with Crippen LogP contribution in [0.3, 0.4) is 0 Å². The van der Waals surface area contributed by atoms with Crippen LogP contribution in [0.2, 0.25) is 5.02 Å². The molecular weight excluding hydrogens is 331 g/mol. The van der Waals surface area contributed by atoms with E-state index in [0.717, 1.165) is 12.1 Å². The first-order valence-corrected chi connectivity index (χ1v) is 7.04. The van der Waals surface area contributed by atoms with Gasteiger partial charge in [0.15, 0.2) is 6.10 Å². The number of halogens is 4. The number of nitrogens with one attached hydrogen (secondary N) is 1. The Kier molecular flexibility index (Phi) is 5.15. The van der Waals surface area contributed by atoms with E-state index in [2.05, 4.69) is 5.32 Å². The van der Waals surface area contributed by atoms with Crippen molar-refractivity contribution in [1.29, 1.82) is 0 Å². The van der Waals surface area contributed by atoms with Crippen LogP contribution in [0, 0.1) is 0 Å². The second-order valence-corrected chi connectivity index (χ2v) is 5.16. The second-order valence-electron chi connectivity index (χ2n) is 4.75. The van der Waals surface area contributed by atoms with Crippen molar-refractivity contribution in [2.75, 3.05) is 5.32 Å². The number of para-hydroxylation sites is 1. The first kappa shape index (κ1) is 17.1. The number of benzene rings is 2. The highest BCUT2D eigenvalue weighted by Crippen LogP contribution is 2.36. The number of rotatable bonds is 4. The Bertz CT molecular complexity index is 689. The number of ether oxygens (including phenoxy) is 1. The van der Waals surface area contributed by atoms with Gasteiger partial charge in [-0.2, -0.15) is 13.2 Å². The average Bonchev–Trinajstić information content (AvgIpc) is 2.49. The van der Waals surface area contributed by atoms with Crippen molar-refractivity contribution in [2.45, 2.75) is 19.2 Å². The third kappa shape index (κ3) is 4.63. The highest BCUT2D eigenvalue weighted by molar-refractivity contribution is 6.31. The van der Waals surface area contributed by atoms with Crippen molar-refractivity contribution in [3.63, 3.8) is 0 Å². The van der Waals surface area contributed by atoms with Gasteiger partial charge in [-0.1, -0.05) is 29.8 Å². The Balaban J connectivity index is 2.08. The minimum absolute atomic E-state index is 0.00441. The molecule has 0 heterocycles. The van der Waals surface area contributed by atoms with Gasteiger partial charge in [-0.15, -0.1) is 0 Å². The lowest BCUT2D eigenvalue weighted by atomic mass is 10.2. The molecule has 1 amide bonds. The Labute approximate surface area is 136 Å². The van der Waals surface area contributed by atoms with Gasteiger partial charge in [-0.05, 0) is 37.3 Å². The van der Waals surface area contributed by atoms with Crippen LogP contribution in [-0.2, 0) is 11.0 Å². The van der Waals surface area contributed by atoms with E-state index in [1.165, 1.54) is 13.0 Å². The summed E-state index contributed by atoms with van der Waals surface area (Å²) in [4.78, 5) is 12.0. The highest BCUT2D eigenvalue weighted by Gasteiger charge is 2.33. The van der Waals surface area contributed by atoms with Crippen molar-refractivity contribution in [2.24, 2.45) is 0 Å². The van der Waals surface area contributed by atoms with Crippen LogP contribution < -0.4 is 10.1 Å². The quantitative estimate of drug-likeness (QED) is 0.868. The van der Waals surface area contributed by atoms with Gasteiger partial charge in [0.25, 0.3) is 5.91 Å². The third-order valence-corrected chi connectivity index (χ3v) is 3.29. The van der Waals surface area contributed by atoms with Crippen LogP contribution in [-0.4, -0.2) is 12.0 Å². The Hall–Kier alpha value is -2.21. The van der Waals surface area contributed by atoms with E-state index in [1.54, 1.807) is 30.3 Å². The molecule has 7 heteroatoms. The molecule has 0 unspecified atom stereocenters. The fraction of sp³-hybridized carbons (Fsp3) is 0.188. The van der Waals surface area contributed by atoms with Gasteiger partial charge in [0.05, 0.1) is 10.6 Å². The van der Waals surface area contributed by atoms with E-state index >= 15 is 0 Å². The summed E-state index contributed by atoms with van der Waals surface area (Å²) in [5.41, 5.74) is -1.01. The van der Waals surface area contributed by atoms with Crippen LogP contribution in [0.25, 0.3) is 0 Å². The molecule has 3 nitrogen and oxygen atoms in total. The molecular formula is C16H13ClF3NO2. The fourth-order valence-corrected chi connectivity index (χ4v) is 2.05. The molecule has 122 valence electrons. The molecule has 2 aromatic carbocycles. The smallest absolute Gasteiger partial charge is 0.417 e. The molecule has 23 heavy (non-hydrogen) atoms. The van der Waals surface area contributed by atoms with Crippen LogP contribution in [0.1, 0.15) is 12.5 Å². The van der Waals surface area contributed by atoms with E-state index in [1.807, 2.05) is 0 Å². The zero-order chi connectivity index (χ0) is 17.0. The first-order valence-electron chi connectivity index (χ1n) is 6.66. The predicted octanol–water partition coefficient (Wildman–Crippen LogP) is 4.76. The molecule has 1 atom stereocenters. The van der Waals surface area contributed by atoms with Crippen molar-refractivity contribution in [1.82, 2.24) is 0 Å². The summed E-state index contributed by atoms with van der Waals surface area (Å²) in [5, 5.41) is 1.95. The molecule has 0 saturated carbocycles. The summed E-state index contributed by atoms with van der Waals surface area (Å²) in [6, 6.07) is 11.8. The van der Waals surface area contributed by atoms with Gasteiger partial charge in [0.2, 0.25) is 0 Å². The number of anilines is 1. The number of hydrogen-bond donors (Lipinski definition) is 1. The molecule has 0 aliphatic carbocycles. The molecule has 1 N–H and O–H groups in total. The lowest BCUT2D eigenvalue weighted by Gasteiger charge is -2.16. The molecule has 2 aromatic rings. The van der Waals surface area contributed by atoms with Crippen molar-refractivity contribution < 1.29 is 22.7 Å². The molecule has 0 aliphatic rings. The summed E-state index contributed by atoms with van der Waals surface area (Å²) >= 11 is 5.53. The third-order valence-electron chi connectivity index (χ3n) is 2.96. The minimum atomic E-state index is -4.59. The SMILES string of the molecule is C[C@@H](Oc1ccccc1)C(=O)Nc1ccc(Cl)c(C(F)(F)F)c1. The largest absolute Gasteiger partial charge is 0.481 e. The zero-order valence-electron chi connectivity index (χ0n) is 12.0. The molecule has 0 aliphatic heterocycles. The van der Waals surface area contributed by atoms with Crippen molar-refractivity contribution >= 4 is 23.2 Å². The summed E-state index contributed by atoms with van der Waals surface area (Å²) in [6.45, 7) is 1.50. The second kappa shape index (κ2) is 6.91. The van der Waals surface area contributed by atoms with Gasteiger partial charge >= 0.3 is 6.18 Å². The van der Waals surface area contributed by atoms with Crippen LogP contribution in [0.15, 0.2) is 48.5 Å². The van der Waals surface area contributed by atoms with E-state index in [4.69, 9.17) is 16.3 Å². The van der Waals surface area contributed by atoms with E-state index < -0.39 is 28.8 Å². The first-order chi connectivity index (χ1) is 10.8. The summed E-state index contributed by atoms with van der Waals surface area (Å²) < 4.78 is 43.8. The van der Waals surface area contributed by atoms with Crippen LogP contribution in [0.5, 0.6) is 5.75 Å². The summed E-state index contributed by atoms with van der Waals surface area (Å²) in [5.74, 6) is -0.0773. The number of amides is 1. The predicted molar refractivity (Wildman–Crippen MR) is 81.6 cm³/mol. The molecule has 2 rings (SSSR count). The molecule has 0 radical (unpaired) electrons. The minimum Gasteiger partial charge on any atom is -0.481 e. The molecule has 0 aromatic heterocycles. The number of carbonyl (C=O) groups excluding carboxylic acids is 1. The average molecular weight is 344 g/mol. The summed E-state index contributed by atoms with van der Waals surface area (Å²) in [6.07, 6.45) is -5.47. The van der Waals surface area contributed by atoms with Crippen molar-refractivity contribution in [3.05, 3.63) is 59.1 Å². The normalized spacial score (nSPS) is 12.6. The number of hydrogen-bond acceptors (Lipinski definition) is 2. The fourth-order valence-electron chi connectivity index (χ4n) is 1.82. The van der Waals surface area contributed by atoms with Gasteiger partial charge in [0.1, 0.15) is 5.75 Å². The Morgan fingerprint density at radius 3 is 2.43 bits per heavy atom. The Morgan fingerprint density at radius 1 is 1.17 bits per heavy atom. The summed E-state index contributed by atoms with van der Waals surface area (Å²) in [7, 11) is 0. The van der Waals surface area contributed by atoms with E-state index in [9.17, 15) is 18.0 Å². The molecule has 0 fully saturated rings. The Morgan fingerprint density at radius 2 is 1.83 bits per heavy atom. The maximum absolute atomic E-state index is 12.8. The molecule has 0 spiro atoms. The molecule has 0 bridgehead atoms. The lowest BCUT2D eigenvalue weighted by Crippen LogP contribution is -2.30. The number of carbonyl (C=O) groups is 1. The van der Waals surface area contributed by atoms with E-state index in [0.29, 0.717) is 5.75 Å². The lowest BCUT2D eigenvalue weighted by molar-refractivity contribution is -0.137. The van der Waals surface area contributed by atoms with Crippen LogP contribution >= 0.6 is 11.6 Å².